The monoisotopic (exact) mass is 374 g/mol. The van der Waals surface area contributed by atoms with Crippen LogP contribution < -0.4 is 5.32 Å². The van der Waals surface area contributed by atoms with Gasteiger partial charge in [-0.3, -0.25) is 4.21 Å². The lowest BCUT2D eigenvalue weighted by Crippen LogP contribution is -2.09. The molecule has 0 radical (unpaired) electrons. The fraction of sp³-hybridized carbons (Fsp3) is 0.368. The van der Waals surface area contributed by atoms with E-state index >= 15 is 0 Å². The van der Waals surface area contributed by atoms with E-state index in [0.717, 1.165) is 40.8 Å². The Hall–Kier alpha value is -2.28. The van der Waals surface area contributed by atoms with Crippen LogP contribution in [0.3, 0.4) is 0 Å². The molecule has 0 aliphatic heterocycles. The number of rotatable bonds is 6. The Morgan fingerprint density at radius 1 is 1.19 bits per heavy atom. The number of anilines is 1. The number of halogens is 1. The van der Waals surface area contributed by atoms with Gasteiger partial charge >= 0.3 is 0 Å². The fourth-order valence-corrected chi connectivity index (χ4v) is 3.48. The Morgan fingerprint density at radius 2 is 1.88 bits per heavy atom. The highest BCUT2D eigenvalue weighted by molar-refractivity contribution is 7.84. The van der Waals surface area contributed by atoms with Gasteiger partial charge in [0.1, 0.15) is 11.3 Å². The van der Waals surface area contributed by atoms with Crippen molar-refractivity contribution in [2.24, 2.45) is 0 Å². The number of nitrogens with one attached hydrogen (secondary N) is 1. The summed E-state index contributed by atoms with van der Waals surface area (Å²) in [6.07, 6.45) is 2.57. The first kappa shape index (κ1) is 18.5. The molecule has 0 fully saturated rings. The molecule has 5 nitrogen and oxygen atoms in total. The van der Waals surface area contributed by atoms with E-state index in [-0.39, 0.29) is 5.82 Å². The maximum Gasteiger partial charge on any atom is 0.220 e. The molecule has 0 aliphatic carbocycles. The average molecular weight is 374 g/mol. The summed E-state index contributed by atoms with van der Waals surface area (Å²) in [6.45, 7) is 7.58. The van der Waals surface area contributed by atoms with Crippen molar-refractivity contribution in [1.29, 1.82) is 0 Å². The van der Waals surface area contributed by atoms with Crippen molar-refractivity contribution in [3.05, 3.63) is 46.9 Å². The van der Waals surface area contributed by atoms with Crippen molar-refractivity contribution in [3.8, 4) is 0 Å². The largest absolute Gasteiger partial charge is 0.364 e. The Labute approximate surface area is 155 Å². The minimum Gasteiger partial charge on any atom is -0.364 e. The van der Waals surface area contributed by atoms with E-state index in [1.807, 2.05) is 6.92 Å². The van der Waals surface area contributed by atoms with Gasteiger partial charge in [-0.15, -0.1) is 0 Å². The molecule has 26 heavy (non-hydrogen) atoms. The fourth-order valence-electron chi connectivity index (χ4n) is 3.04. The highest BCUT2D eigenvalue weighted by atomic mass is 32.2. The third-order valence-corrected chi connectivity index (χ3v) is 5.21. The summed E-state index contributed by atoms with van der Waals surface area (Å²) in [5, 5.41) is 3.64. The Kier molecular flexibility index (Phi) is 5.36. The van der Waals surface area contributed by atoms with Crippen LogP contribution in [0.1, 0.15) is 30.2 Å². The van der Waals surface area contributed by atoms with E-state index in [4.69, 9.17) is 0 Å². The van der Waals surface area contributed by atoms with Crippen LogP contribution in [-0.4, -0.2) is 25.0 Å². The van der Waals surface area contributed by atoms with Gasteiger partial charge in [0.15, 0.2) is 5.82 Å². The second kappa shape index (κ2) is 7.53. The van der Waals surface area contributed by atoms with Gasteiger partial charge in [-0.05, 0) is 43.5 Å². The van der Waals surface area contributed by atoms with Crippen molar-refractivity contribution in [1.82, 2.24) is 14.5 Å². The van der Waals surface area contributed by atoms with Gasteiger partial charge < -0.3 is 9.88 Å². The van der Waals surface area contributed by atoms with Crippen LogP contribution >= 0.6 is 0 Å². The predicted molar refractivity (Wildman–Crippen MR) is 103 cm³/mol. The molecule has 0 aliphatic rings. The van der Waals surface area contributed by atoms with E-state index in [1.165, 1.54) is 12.1 Å². The topological polar surface area (TPSA) is 59.8 Å². The summed E-state index contributed by atoms with van der Waals surface area (Å²) in [5.74, 6) is 0.402. The number of benzene rings is 1. The minimum atomic E-state index is -1.28. The van der Waals surface area contributed by atoms with Crippen LogP contribution in [0.2, 0.25) is 0 Å². The van der Waals surface area contributed by atoms with Gasteiger partial charge in [0.05, 0.1) is 16.3 Å². The third-order valence-electron chi connectivity index (χ3n) is 4.51. The predicted octanol–water partition coefficient (Wildman–Crippen LogP) is 3.95. The van der Waals surface area contributed by atoms with Crippen LogP contribution in [0, 0.1) is 19.7 Å². The summed E-state index contributed by atoms with van der Waals surface area (Å²) in [5.41, 5.74) is 4.92. The molecule has 1 atom stereocenters. The highest BCUT2D eigenvalue weighted by Gasteiger charge is 2.19. The normalized spacial score (nSPS) is 12.5. The van der Waals surface area contributed by atoms with E-state index < -0.39 is 10.8 Å². The lowest BCUT2D eigenvalue weighted by Gasteiger charge is -2.12. The number of fused-ring (bicyclic) bond motifs is 1. The number of nitrogens with zero attached hydrogens (tertiary/aromatic N) is 3. The van der Waals surface area contributed by atoms with E-state index in [2.05, 4.69) is 33.7 Å². The zero-order valence-electron chi connectivity index (χ0n) is 15.5. The average Bonchev–Trinajstić information content (AvgIpc) is 2.86. The van der Waals surface area contributed by atoms with E-state index in [0.29, 0.717) is 17.5 Å². The molecule has 7 heteroatoms. The quantitative estimate of drug-likeness (QED) is 0.664. The van der Waals surface area contributed by atoms with Crippen molar-refractivity contribution in [3.63, 3.8) is 0 Å². The van der Waals surface area contributed by atoms with Crippen LogP contribution in [0.25, 0.3) is 11.0 Å². The first-order valence-electron chi connectivity index (χ1n) is 8.61. The maximum atomic E-state index is 13.1. The summed E-state index contributed by atoms with van der Waals surface area (Å²) in [4.78, 5) is 9.06. The van der Waals surface area contributed by atoms with Crippen molar-refractivity contribution >= 4 is 27.7 Å². The van der Waals surface area contributed by atoms with Gasteiger partial charge in [-0.25, -0.2) is 14.4 Å². The van der Waals surface area contributed by atoms with Crippen molar-refractivity contribution in [2.75, 3.05) is 11.6 Å². The van der Waals surface area contributed by atoms with E-state index in [9.17, 15) is 8.60 Å². The summed E-state index contributed by atoms with van der Waals surface area (Å²) >= 11 is 0. The molecule has 0 saturated carbocycles. The van der Waals surface area contributed by atoms with Crippen LogP contribution in [-0.2, 0) is 23.9 Å². The summed E-state index contributed by atoms with van der Waals surface area (Å²) in [7, 11) is -1.28. The Balaban J connectivity index is 2.09. The molecule has 0 amide bonds. The molecule has 0 saturated heterocycles. The highest BCUT2D eigenvalue weighted by Crippen LogP contribution is 2.30. The van der Waals surface area contributed by atoms with Gasteiger partial charge in [0.2, 0.25) is 5.16 Å². The van der Waals surface area contributed by atoms with Gasteiger partial charge in [0, 0.05) is 25.0 Å². The molecular formula is C19H23FN4OS. The van der Waals surface area contributed by atoms with Crippen LogP contribution in [0.15, 0.2) is 29.4 Å². The van der Waals surface area contributed by atoms with E-state index in [1.54, 1.807) is 18.4 Å². The molecule has 1 aromatic carbocycles. The van der Waals surface area contributed by atoms with Crippen LogP contribution in [0.4, 0.5) is 10.2 Å². The molecule has 0 spiro atoms. The first-order valence-corrected chi connectivity index (χ1v) is 10.2. The lowest BCUT2D eigenvalue weighted by atomic mass is 10.2. The molecule has 0 bridgehead atoms. The second-order valence-electron chi connectivity index (χ2n) is 6.35. The molecule has 1 N–H and O–H groups in total. The molecule has 2 heterocycles. The number of aromatic nitrogens is 3. The third kappa shape index (κ3) is 3.49. The number of aryl methyl sites for hydroxylation is 2. The maximum absolute atomic E-state index is 13.1. The minimum absolute atomic E-state index is 0.259. The Bertz CT molecular complexity index is 966. The first-order chi connectivity index (χ1) is 12.4. The molecule has 2 aromatic heterocycles. The molecule has 138 valence electrons. The number of hydrogen-bond acceptors (Lipinski definition) is 4. The zero-order valence-corrected chi connectivity index (χ0v) is 16.3. The molecule has 1 unspecified atom stereocenters. The lowest BCUT2D eigenvalue weighted by molar-refractivity contribution is 0.627. The van der Waals surface area contributed by atoms with Gasteiger partial charge in [-0.2, -0.15) is 0 Å². The Morgan fingerprint density at radius 3 is 2.50 bits per heavy atom. The molecule has 3 aromatic rings. The molecule has 3 rings (SSSR count). The van der Waals surface area contributed by atoms with Crippen molar-refractivity contribution in [2.45, 2.75) is 45.4 Å². The SMILES string of the molecule is CCCn1c(C)c(C)c2nc(S(C)=O)nc(NCc3ccc(F)cc3)c21. The zero-order chi connectivity index (χ0) is 18.8. The van der Waals surface area contributed by atoms with Gasteiger partial charge in [-0.1, -0.05) is 19.1 Å². The van der Waals surface area contributed by atoms with Crippen molar-refractivity contribution < 1.29 is 8.60 Å². The van der Waals surface area contributed by atoms with Crippen LogP contribution in [0.5, 0.6) is 0 Å². The second-order valence-corrected chi connectivity index (χ2v) is 7.62. The smallest absolute Gasteiger partial charge is 0.220 e. The standard InChI is InChI=1S/C19H23FN4OS/c1-5-10-24-13(3)12(2)16-17(24)18(23-19(22-16)26(4)25)21-11-14-6-8-15(20)9-7-14/h6-9H,5,10-11H2,1-4H3,(H,21,22,23). The summed E-state index contributed by atoms with van der Waals surface area (Å²) < 4.78 is 27.3. The van der Waals surface area contributed by atoms with Gasteiger partial charge in [0.25, 0.3) is 0 Å². The number of hydrogen-bond donors (Lipinski definition) is 1. The summed E-state index contributed by atoms with van der Waals surface area (Å²) in [6, 6.07) is 6.35. The molecular weight excluding hydrogens is 351 g/mol.